The molecule has 0 saturated carbocycles. The quantitative estimate of drug-likeness (QED) is 0.432. The van der Waals surface area contributed by atoms with Crippen LogP contribution in [-0.2, 0) is 4.74 Å². The van der Waals surface area contributed by atoms with Crippen LogP contribution in [0.4, 0.5) is 17.2 Å². The van der Waals surface area contributed by atoms with Crippen molar-refractivity contribution in [3.63, 3.8) is 0 Å². The summed E-state index contributed by atoms with van der Waals surface area (Å²) in [6.07, 6.45) is 5.37. The number of rotatable bonds is 4. The third-order valence-corrected chi connectivity index (χ3v) is 5.88. The number of hydrogen-bond donors (Lipinski definition) is 2. The lowest BCUT2D eigenvalue weighted by atomic mass is 10.1. The number of anilines is 3. The molecule has 160 valence electrons. The number of benzene rings is 2. The Bertz CT molecular complexity index is 1420. The Balaban J connectivity index is 1.36. The molecule has 6 rings (SSSR count). The molecule has 4 heterocycles. The van der Waals surface area contributed by atoms with Gasteiger partial charge in [0.2, 0.25) is 5.65 Å². The van der Waals surface area contributed by atoms with Crippen molar-refractivity contribution in [2.75, 3.05) is 36.5 Å². The number of H-pyrrole nitrogens is 1. The second-order valence-corrected chi connectivity index (χ2v) is 8.01. The molecule has 3 aromatic heterocycles. The van der Waals surface area contributed by atoms with Crippen molar-refractivity contribution < 1.29 is 4.74 Å². The van der Waals surface area contributed by atoms with Gasteiger partial charge >= 0.3 is 0 Å². The number of fused-ring (bicyclic) bond motifs is 2. The zero-order valence-electron chi connectivity index (χ0n) is 17.0. The van der Waals surface area contributed by atoms with Crippen LogP contribution in [0.15, 0.2) is 55.1 Å². The Hall–Kier alpha value is -3.69. The monoisotopic (exact) mass is 446 g/mol. The number of nitrogens with one attached hydrogen (secondary N) is 2. The third kappa shape index (κ3) is 3.41. The maximum absolute atomic E-state index is 6.61. The fourth-order valence-corrected chi connectivity index (χ4v) is 4.24. The molecule has 0 spiro atoms. The molecule has 9 nitrogen and oxygen atoms in total. The summed E-state index contributed by atoms with van der Waals surface area (Å²) in [6.45, 7) is 3.08. The zero-order valence-corrected chi connectivity index (χ0v) is 17.8. The predicted octanol–water partition coefficient (Wildman–Crippen LogP) is 3.90. The first-order valence-corrected chi connectivity index (χ1v) is 10.7. The van der Waals surface area contributed by atoms with Crippen LogP contribution in [0.2, 0.25) is 5.02 Å². The van der Waals surface area contributed by atoms with Gasteiger partial charge in [-0.15, -0.1) is 10.2 Å². The van der Waals surface area contributed by atoms with Gasteiger partial charge in [0, 0.05) is 35.9 Å². The van der Waals surface area contributed by atoms with Gasteiger partial charge in [-0.05, 0) is 24.3 Å². The maximum Gasteiger partial charge on any atom is 0.203 e. The normalized spacial score (nSPS) is 14.3. The van der Waals surface area contributed by atoms with E-state index in [0.29, 0.717) is 29.7 Å². The van der Waals surface area contributed by atoms with E-state index in [4.69, 9.17) is 21.3 Å². The number of morpholine rings is 1. The molecule has 2 N–H and O–H groups in total. The summed E-state index contributed by atoms with van der Waals surface area (Å²) in [5, 5.41) is 20.5. The molecule has 0 aliphatic carbocycles. The van der Waals surface area contributed by atoms with E-state index < -0.39 is 0 Å². The zero-order chi connectivity index (χ0) is 21.5. The van der Waals surface area contributed by atoms with E-state index in [-0.39, 0.29) is 0 Å². The molecule has 1 aliphatic heterocycles. The van der Waals surface area contributed by atoms with Gasteiger partial charge in [0.25, 0.3) is 0 Å². The molecule has 1 aliphatic rings. The van der Waals surface area contributed by atoms with E-state index in [9.17, 15) is 0 Å². The molecule has 10 heteroatoms. The molecule has 0 unspecified atom stereocenters. The van der Waals surface area contributed by atoms with Gasteiger partial charge in [-0.2, -0.15) is 5.10 Å². The van der Waals surface area contributed by atoms with E-state index in [2.05, 4.69) is 30.6 Å². The van der Waals surface area contributed by atoms with Crippen LogP contribution in [-0.4, -0.2) is 56.1 Å². The molecule has 0 atom stereocenters. The summed E-state index contributed by atoms with van der Waals surface area (Å²) in [6, 6.07) is 12.0. The Labute approximate surface area is 188 Å². The molecule has 1 fully saturated rings. The van der Waals surface area contributed by atoms with Crippen molar-refractivity contribution in [3.05, 3.63) is 60.1 Å². The highest BCUT2D eigenvalue weighted by molar-refractivity contribution is 6.33. The fraction of sp³-hybridized carbons (Fsp3) is 0.182. The van der Waals surface area contributed by atoms with Gasteiger partial charge in [-0.3, -0.25) is 9.50 Å². The summed E-state index contributed by atoms with van der Waals surface area (Å²) >= 11 is 6.61. The van der Waals surface area contributed by atoms with E-state index in [0.717, 1.165) is 46.6 Å². The summed E-state index contributed by atoms with van der Waals surface area (Å²) in [7, 11) is 0. The van der Waals surface area contributed by atoms with Gasteiger partial charge < -0.3 is 15.0 Å². The van der Waals surface area contributed by atoms with Gasteiger partial charge in [0.15, 0.2) is 5.82 Å². The lowest BCUT2D eigenvalue weighted by Crippen LogP contribution is -2.36. The van der Waals surface area contributed by atoms with E-state index >= 15 is 0 Å². The van der Waals surface area contributed by atoms with Gasteiger partial charge in [-0.1, -0.05) is 23.7 Å². The number of halogens is 1. The van der Waals surface area contributed by atoms with Crippen LogP contribution < -0.4 is 10.2 Å². The second kappa shape index (κ2) is 7.77. The van der Waals surface area contributed by atoms with Crippen LogP contribution in [0.3, 0.4) is 0 Å². The molecule has 2 aromatic carbocycles. The predicted molar refractivity (Wildman–Crippen MR) is 124 cm³/mol. The first-order valence-electron chi connectivity index (χ1n) is 10.3. The highest BCUT2D eigenvalue weighted by Crippen LogP contribution is 2.32. The molecule has 5 aromatic rings. The standard InChI is InChI=1S/C22H19ClN8O/c23-17-10-16(3-4-20(17)30-5-7-32-8-6-30)26-21-22-29-25-13-31(22)12-19(27-21)14-1-2-15-11-24-28-18(15)9-14/h1-4,9-13H,5-8H2,(H,24,28)(H,26,27). The van der Waals surface area contributed by atoms with Crippen molar-refractivity contribution in [2.24, 2.45) is 0 Å². The molecule has 1 saturated heterocycles. The van der Waals surface area contributed by atoms with Crippen molar-refractivity contribution in [1.82, 2.24) is 29.8 Å². The first kappa shape index (κ1) is 19.0. The van der Waals surface area contributed by atoms with E-state index in [1.165, 1.54) is 0 Å². The largest absolute Gasteiger partial charge is 0.378 e. The molecule has 0 amide bonds. The van der Waals surface area contributed by atoms with Crippen molar-refractivity contribution in [2.45, 2.75) is 0 Å². The number of nitrogens with zero attached hydrogens (tertiary/aromatic N) is 6. The van der Waals surface area contributed by atoms with Crippen LogP contribution in [0.25, 0.3) is 27.8 Å². The Morgan fingerprint density at radius 2 is 2.00 bits per heavy atom. The highest BCUT2D eigenvalue weighted by atomic mass is 35.5. The van der Waals surface area contributed by atoms with Crippen molar-refractivity contribution in [3.8, 4) is 11.3 Å². The second-order valence-electron chi connectivity index (χ2n) is 7.60. The van der Waals surface area contributed by atoms with E-state index in [1.807, 2.05) is 47.0 Å². The molecule has 32 heavy (non-hydrogen) atoms. The minimum Gasteiger partial charge on any atom is -0.378 e. The van der Waals surface area contributed by atoms with Crippen LogP contribution >= 0.6 is 11.6 Å². The topological polar surface area (TPSA) is 96.3 Å². The van der Waals surface area contributed by atoms with Gasteiger partial charge in [0.1, 0.15) is 6.33 Å². The molecular weight excluding hydrogens is 428 g/mol. The molecule has 0 bridgehead atoms. The first-order chi connectivity index (χ1) is 15.7. The Morgan fingerprint density at radius 1 is 1.09 bits per heavy atom. The van der Waals surface area contributed by atoms with Crippen LogP contribution in [0.1, 0.15) is 0 Å². The number of hydrogen-bond acceptors (Lipinski definition) is 7. The van der Waals surface area contributed by atoms with Gasteiger partial charge in [-0.25, -0.2) is 4.98 Å². The van der Waals surface area contributed by atoms with Crippen LogP contribution in [0, 0.1) is 0 Å². The van der Waals surface area contributed by atoms with Crippen molar-refractivity contribution in [1.29, 1.82) is 0 Å². The fourth-order valence-electron chi connectivity index (χ4n) is 3.94. The Kier molecular flexibility index (Phi) is 4.62. The van der Waals surface area contributed by atoms with Gasteiger partial charge in [0.05, 0.1) is 41.3 Å². The maximum atomic E-state index is 6.61. The number of ether oxygens (including phenoxy) is 1. The summed E-state index contributed by atoms with van der Waals surface area (Å²) in [5.41, 5.74) is 5.15. The Morgan fingerprint density at radius 3 is 2.88 bits per heavy atom. The summed E-state index contributed by atoms with van der Waals surface area (Å²) in [5.74, 6) is 0.597. The molecular formula is C22H19ClN8O. The average Bonchev–Trinajstić information content (AvgIpc) is 3.48. The highest BCUT2D eigenvalue weighted by Gasteiger charge is 2.16. The van der Waals surface area contributed by atoms with E-state index in [1.54, 1.807) is 12.5 Å². The smallest absolute Gasteiger partial charge is 0.203 e. The minimum atomic E-state index is 0.597. The SMILES string of the molecule is Clc1cc(Nc2nc(-c3ccc4cn[nH]c4c3)cn3cnnc23)ccc1N1CCOCC1. The lowest BCUT2D eigenvalue weighted by molar-refractivity contribution is 0.122. The number of aromatic amines is 1. The van der Waals surface area contributed by atoms with Crippen molar-refractivity contribution >= 4 is 45.3 Å². The molecule has 0 radical (unpaired) electrons. The number of aromatic nitrogens is 6. The summed E-state index contributed by atoms with van der Waals surface area (Å²) < 4.78 is 7.29. The average molecular weight is 447 g/mol. The lowest BCUT2D eigenvalue weighted by Gasteiger charge is -2.29. The van der Waals surface area contributed by atoms with Crippen LogP contribution in [0.5, 0.6) is 0 Å². The summed E-state index contributed by atoms with van der Waals surface area (Å²) in [4.78, 5) is 7.07. The minimum absolute atomic E-state index is 0.597. The third-order valence-electron chi connectivity index (χ3n) is 5.58.